The van der Waals surface area contributed by atoms with Crippen LogP contribution >= 0.6 is 0 Å². The summed E-state index contributed by atoms with van der Waals surface area (Å²) < 4.78 is 0. The molecule has 1 heteroatoms. The number of aryl methyl sites for hydroxylation is 1. The predicted molar refractivity (Wildman–Crippen MR) is 58.5 cm³/mol. The van der Waals surface area contributed by atoms with E-state index < -0.39 is 0 Å². The maximum atomic E-state index is 5.69. The molecule has 0 aliphatic rings. The number of rotatable bonds is 2. The lowest BCUT2D eigenvalue weighted by molar-refractivity contribution is 0.865. The van der Waals surface area contributed by atoms with Crippen molar-refractivity contribution in [3.63, 3.8) is 0 Å². The molecule has 0 saturated carbocycles. The van der Waals surface area contributed by atoms with Gasteiger partial charge >= 0.3 is 0 Å². The molecular formula is C12H17N. The van der Waals surface area contributed by atoms with Gasteiger partial charge in [0.05, 0.1) is 0 Å². The molecule has 1 aromatic rings. The van der Waals surface area contributed by atoms with E-state index in [4.69, 9.17) is 5.73 Å². The molecule has 0 unspecified atom stereocenters. The Hall–Kier alpha value is -1.24. The normalized spacial score (nSPS) is 10.5. The topological polar surface area (TPSA) is 26.0 Å². The predicted octanol–water partition coefficient (Wildman–Crippen LogP) is 3.05. The monoisotopic (exact) mass is 175 g/mol. The van der Waals surface area contributed by atoms with Gasteiger partial charge in [0.25, 0.3) is 0 Å². The van der Waals surface area contributed by atoms with Gasteiger partial charge in [0, 0.05) is 5.70 Å². The largest absolute Gasteiger partial charge is 0.399 e. The minimum atomic E-state index is 0.540. The van der Waals surface area contributed by atoms with Gasteiger partial charge in [-0.15, -0.1) is 0 Å². The van der Waals surface area contributed by atoms with Crippen LogP contribution in [-0.4, -0.2) is 0 Å². The van der Waals surface area contributed by atoms with Crippen molar-refractivity contribution < 1.29 is 0 Å². The SMILES string of the molecule is C=C(N)c1cc(C(C)C)ccc1C. The third-order valence-corrected chi connectivity index (χ3v) is 2.27. The Morgan fingerprint density at radius 1 is 1.38 bits per heavy atom. The lowest BCUT2D eigenvalue weighted by Crippen LogP contribution is -1.99. The highest BCUT2D eigenvalue weighted by molar-refractivity contribution is 5.64. The molecule has 13 heavy (non-hydrogen) atoms. The van der Waals surface area contributed by atoms with Crippen LogP contribution in [0, 0.1) is 6.92 Å². The number of hydrogen-bond donors (Lipinski definition) is 1. The molecule has 2 N–H and O–H groups in total. The van der Waals surface area contributed by atoms with Crippen molar-refractivity contribution in [3.8, 4) is 0 Å². The zero-order valence-electron chi connectivity index (χ0n) is 8.59. The molecule has 0 bridgehead atoms. The molecule has 0 radical (unpaired) electrons. The molecule has 0 atom stereocenters. The summed E-state index contributed by atoms with van der Waals surface area (Å²) in [5, 5.41) is 0. The average Bonchev–Trinajstić information content (AvgIpc) is 2.04. The van der Waals surface area contributed by atoms with Crippen molar-refractivity contribution in [2.75, 3.05) is 0 Å². The van der Waals surface area contributed by atoms with Gasteiger partial charge in [-0.05, 0) is 35.6 Å². The van der Waals surface area contributed by atoms with E-state index in [2.05, 4.69) is 45.5 Å². The molecule has 0 saturated heterocycles. The molecule has 0 spiro atoms. The highest BCUT2D eigenvalue weighted by Gasteiger charge is 2.03. The van der Waals surface area contributed by atoms with Gasteiger partial charge in [-0.25, -0.2) is 0 Å². The Morgan fingerprint density at radius 2 is 2.00 bits per heavy atom. The number of nitrogens with two attached hydrogens (primary N) is 1. The zero-order chi connectivity index (χ0) is 10.0. The van der Waals surface area contributed by atoms with E-state index in [1.165, 1.54) is 11.1 Å². The van der Waals surface area contributed by atoms with Crippen LogP contribution in [0.15, 0.2) is 24.8 Å². The standard InChI is InChI=1S/C12H17N/c1-8(2)11-6-5-9(3)12(7-11)10(4)13/h5-8H,4,13H2,1-3H3. The first-order chi connectivity index (χ1) is 6.02. The molecule has 1 aromatic carbocycles. The van der Waals surface area contributed by atoms with Crippen LogP contribution in [-0.2, 0) is 0 Å². The molecule has 1 nitrogen and oxygen atoms in total. The van der Waals surface area contributed by atoms with Crippen molar-refractivity contribution in [2.24, 2.45) is 5.73 Å². The van der Waals surface area contributed by atoms with E-state index in [9.17, 15) is 0 Å². The Morgan fingerprint density at radius 3 is 2.46 bits per heavy atom. The van der Waals surface area contributed by atoms with E-state index >= 15 is 0 Å². The van der Waals surface area contributed by atoms with Gasteiger partial charge < -0.3 is 5.73 Å². The molecule has 0 aliphatic carbocycles. The first-order valence-corrected chi connectivity index (χ1v) is 4.57. The Labute approximate surface area is 80.3 Å². The summed E-state index contributed by atoms with van der Waals surface area (Å²) in [6.07, 6.45) is 0. The fourth-order valence-corrected chi connectivity index (χ4v) is 1.34. The fraction of sp³-hybridized carbons (Fsp3) is 0.333. The van der Waals surface area contributed by atoms with Crippen molar-refractivity contribution in [1.82, 2.24) is 0 Å². The smallest absolute Gasteiger partial charge is 0.0317 e. The number of hydrogen-bond acceptors (Lipinski definition) is 1. The van der Waals surface area contributed by atoms with E-state index in [1.54, 1.807) is 0 Å². The van der Waals surface area contributed by atoms with Crippen LogP contribution in [0.2, 0.25) is 0 Å². The van der Waals surface area contributed by atoms with Crippen molar-refractivity contribution in [2.45, 2.75) is 26.7 Å². The zero-order valence-corrected chi connectivity index (χ0v) is 8.59. The second-order valence-corrected chi connectivity index (χ2v) is 3.75. The number of benzene rings is 1. The van der Waals surface area contributed by atoms with Crippen molar-refractivity contribution in [3.05, 3.63) is 41.5 Å². The first kappa shape index (κ1) is 9.85. The average molecular weight is 175 g/mol. The summed E-state index contributed by atoms with van der Waals surface area (Å²) in [4.78, 5) is 0. The molecule has 0 amide bonds. The van der Waals surface area contributed by atoms with E-state index in [0.29, 0.717) is 11.6 Å². The van der Waals surface area contributed by atoms with Gasteiger partial charge in [0.15, 0.2) is 0 Å². The van der Waals surface area contributed by atoms with Crippen LogP contribution < -0.4 is 5.73 Å². The van der Waals surface area contributed by atoms with Gasteiger partial charge in [-0.1, -0.05) is 32.6 Å². The van der Waals surface area contributed by atoms with E-state index in [-0.39, 0.29) is 0 Å². The molecule has 70 valence electrons. The highest BCUT2D eigenvalue weighted by atomic mass is 14.6. The quantitative estimate of drug-likeness (QED) is 0.734. The van der Waals surface area contributed by atoms with Crippen LogP contribution in [0.5, 0.6) is 0 Å². The Kier molecular flexibility index (Phi) is 2.76. The van der Waals surface area contributed by atoms with Gasteiger partial charge in [0.1, 0.15) is 0 Å². The summed E-state index contributed by atoms with van der Waals surface area (Å²) in [5.74, 6) is 0.540. The second-order valence-electron chi connectivity index (χ2n) is 3.75. The fourth-order valence-electron chi connectivity index (χ4n) is 1.34. The molecule has 0 heterocycles. The van der Waals surface area contributed by atoms with Crippen molar-refractivity contribution >= 4 is 5.70 Å². The summed E-state index contributed by atoms with van der Waals surface area (Å²) >= 11 is 0. The first-order valence-electron chi connectivity index (χ1n) is 4.57. The molecule has 1 rings (SSSR count). The van der Waals surface area contributed by atoms with Gasteiger partial charge in [-0.3, -0.25) is 0 Å². The third kappa shape index (κ3) is 2.11. The van der Waals surface area contributed by atoms with Gasteiger partial charge in [0.2, 0.25) is 0 Å². The molecule has 0 aromatic heterocycles. The van der Waals surface area contributed by atoms with Crippen LogP contribution in [0.3, 0.4) is 0 Å². The van der Waals surface area contributed by atoms with Crippen LogP contribution in [0.1, 0.15) is 36.5 Å². The minimum absolute atomic E-state index is 0.540. The molecule has 0 fully saturated rings. The van der Waals surface area contributed by atoms with Crippen LogP contribution in [0.4, 0.5) is 0 Å². The Bertz CT molecular complexity index is 324. The summed E-state index contributed by atoms with van der Waals surface area (Å²) in [7, 11) is 0. The second kappa shape index (κ2) is 3.65. The summed E-state index contributed by atoms with van der Waals surface area (Å²) in [5.41, 5.74) is 9.92. The lowest BCUT2D eigenvalue weighted by Gasteiger charge is -2.10. The summed E-state index contributed by atoms with van der Waals surface area (Å²) in [6, 6.07) is 6.37. The maximum absolute atomic E-state index is 5.69. The molecule has 0 aliphatic heterocycles. The van der Waals surface area contributed by atoms with E-state index in [1.807, 2.05) is 0 Å². The van der Waals surface area contributed by atoms with Crippen molar-refractivity contribution in [1.29, 1.82) is 0 Å². The summed E-state index contributed by atoms with van der Waals surface area (Å²) in [6.45, 7) is 10.2. The Balaban J connectivity index is 3.19. The lowest BCUT2D eigenvalue weighted by atomic mass is 9.97. The van der Waals surface area contributed by atoms with Gasteiger partial charge in [-0.2, -0.15) is 0 Å². The third-order valence-electron chi connectivity index (χ3n) is 2.27. The van der Waals surface area contributed by atoms with E-state index in [0.717, 1.165) is 5.56 Å². The maximum Gasteiger partial charge on any atom is 0.0317 e. The van der Waals surface area contributed by atoms with Crippen LogP contribution in [0.25, 0.3) is 5.70 Å². The highest BCUT2D eigenvalue weighted by Crippen LogP contribution is 2.20. The minimum Gasteiger partial charge on any atom is -0.399 e. The molecular weight excluding hydrogens is 158 g/mol.